The van der Waals surface area contributed by atoms with E-state index in [0.717, 1.165) is 34.0 Å². The molecule has 3 rings (SSSR count). The van der Waals surface area contributed by atoms with E-state index in [1.54, 1.807) is 7.05 Å². The largest absolute Gasteiger partial charge is 0.357 e. The lowest BCUT2D eigenvalue weighted by Gasteiger charge is -2.22. The predicted octanol–water partition coefficient (Wildman–Crippen LogP) is 3.39. The molecule has 0 radical (unpaired) electrons. The zero-order valence-electron chi connectivity index (χ0n) is 14.3. The van der Waals surface area contributed by atoms with Crippen LogP contribution in [0.15, 0.2) is 53.0 Å². The first-order valence-corrected chi connectivity index (χ1v) is 9.11. The van der Waals surface area contributed by atoms with Crippen molar-refractivity contribution in [3.8, 4) is 0 Å². The van der Waals surface area contributed by atoms with Gasteiger partial charge in [-0.05, 0) is 42.5 Å². The van der Waals surface area contributed by atoms with Crippen molar-refractivity contribution in [1.29, 1.82) is 0 Å². The summed E-state index contributed by atoms with van der Waals surface area (Å²) >= 11 is 3.50. The highest BCUT2D eigenvalue weighted by Crippen LogP contribution is 2.49. The number of likely N-dealkylation sites (N-methyl/N-ethyl adjacent to an activating group) is 1. The monoisotopic (exact) mass is 400 g/mol. The van der Waals surface area contributed by atoms with Crippen LogP contribution in [0.4, 0.5) is 0 Å². The maximum atomic E-state index is 13.0. The first kappa shape index (κ1) is 17.7. The highest BCUT2D eigenvalue weighted by atomic mass is 79.9. The fourth-order valence-electron chi connectivity index (χ4n) is 3.07. The smallest absolute Gasteiger partial charge is 0.246 e. The summed E-state index contributed by atoms with van der Waals surface area (Å²) in [4.78, 5) is 25.3. The van der Waals surface area contributed by atoms with Crippen LogP contribution >= 0.6 is 15.9 Å². The van der Waals surface area contributed by atoms with Crippen LogP contribution in [0.1, 0.15) is 35.6 Å². The van der Waals surface area contributed by atoms with Crippen LogP contribution in [-0.4, -0.2) is 18.9 Å². The highest BCUT2D eigenvalue weighted by molar-refractivity contribution is 9.10. The molecule has 0 saturated heterocycles. The van der Waals surface area contributed by atoms with Crippen LogP contribution in [0.5, 0.6) is 0 Å². The van der Waals surface area contributed by atoms with Crippen LogP contribution < -0.4 is 10.6 Å². The molecule has 2 N–H and O–H groups in total. The summed E-state index contributed by atoms with van der Waals surface area (Å²) in [6.07, 6.45) is 1.60. The quantitative estimate of drug-likeness (QED) is 0.807. The lowest BCUT2D eigenvalue weighted by molar-refractivity contribution is -0.130. The Morgan fingerprint density at radius 2 is 1.80 bits per heavy atom. The zero-order valence-corrected chi connectivity index (χ0v) is 15.9. The van der Waals surface area contributed by atoms with E-state index in [2.05, 4.69) is 26.6 Å². The van der Waals surface area contributed by atoms with E-state index < -0.39 is 11.5 Å². The van der Waals surface area contributed by atoms with Gasteiger partial charge in [0.05, 0.1) is 5.41 Å². The number of aryl methyl sites for hydroxylation is 1. The van der Waals surface area contributed by atoms with Crippen LogP contribution in [-0.2, 0) is 15.0 Å². The second-order valence-electron chi connectivity index (χ2n) is 6.48. The minimum Gasteiger partial charge on any atom is -0.357 e. The number of nitrogens with one attached hydrogen (secondary N) is 2. The number of carbonyl (C=O) groups is 2. The number of hydrogen-bond acceptors (Lipinski definition) is 2. The van der Waals surface area contributed by atoms with Crippen molar-refractivity contribution in [2.75, 3.05) is 7.05 Å². The van der Waals surface area contributed by atoms with Gasteiger partial charge in [-0.3, -0.25) is 9.59 Å². The van der Waals surface area contributed by atoms with Gasteiger partial charge >= 0.3 is 0 Å². The molecule has 1 aliphatic rings. The van der Waals surface area contributed by atoms with E-state index in [9.17, 15) is 9.59 Å². The summed E-state index contributed by atoms with van der Waals surface area (Å²) in [5, 5.41) is 5.59. The molecule has 0 bridgehead atoms. The van der Waals surface area contributed by atoms with Gasteiger partial charge in [-0.1, -0.05) is 58.4 Å². The normalized spacial score (nSPS) is 16.0. The molecule has 130 valence electrons. The Kier molecular flexibility index (Phi) is 4.95. The average Bonchev–Trinajstić information content (AvgIpc) is 3.44. The van der Waals surface area contributed by atoms with Crippen molar-refractivity contribution in [2.45, 2.75) is 31.2 Å². The van der Waals surface area contributed by atoms with Crippen molar-refractivity contribution in [2.24, 2.45) is 0 Å². The maximum absolute atomic E-state index is 13.0. The highest BCUT2D eigenvalue weighted by Gasteiger charge is 2.52. The summed E-state index contributed by atoms with van der Waals surface area (Å²) < 4.78 is 1.03. The van der Waals surface area contributed by atoms with Gasteiger partial charge in [0.1, 0.15) is 6.04 Å². The van der Waals surface area contributed by atoms with E-state index >= 15 is 0 Å². The fourth-order valence-corrected chi connectivity index (χ4v) is 3.32. The van der Waals surface area contributed by atoms with Crippen molar-refractivity contribution >= 4 is 27.7 Å². The van der Waals surface area contributed by atoms with E-state index in [4.69, 9.17) is 0 Å². The van der Waals surface area contributed by atoms with Crippen molar-refractivity contribution < 1.29 is 9.59 Å². The van der Waals surface area contributed by atoms with Gasteiger partial charge in [-0.2, -0.15) is 0 Å². The van der Waals surface area contributed by atoms with E-state index in [-0.39, 0.29) is 11.8 Å². The predicted molar refractivity (Wildman–Crippen MR) is 101 cm³/mol. The molecule has 0 aliphatic heterocycles. The molecule has 0 aromatic heterocycles. The SMILES string of the molecule is CNC(=O)C(NC(=O)C1(c2ccc(Br)c(C)c2)CC1)c1ccccc1. The Bertz CT molecular complexity index is 801. The molecule has 2 aromatic carbocycles. The maximum Gasteiger partial charge on any atom is 0.246 e. The molecule has 25 heavy (non-hydrogen) atoms. The second-order valence-corrected chi connectivity index (χ2v) is 7.33. The van der Waals surface area contributed by atoms with Crippen molar-refractivity contribution in [3.05, 3.63) is 69.7 Å². The third-order valence-electron chi connectivity index (χ3n) is 4.81. The number of hydrogen-bond donors (Lipinski definition) is 2. The summed E-state index contributed by atoms with van der Waals surface area (Å²) in [5.74, 6) is -0.311. The molecule has 2 aromatic rings. The van der Waals surface area contributed by atoms with E-state index in [0.29, 0.717) is 0 Å². The summed E-state index contributed by atoms with van der Waals surface area (Å²) in [6, 6.07) is 14.6. The Morgan fingerprint density at radius 1 is 1.12 bits per heavy atom. The molecule has 1 aliphatic carbocycles. The zero-order chi connectivity index (χ0) is 18.0. The third-order valence-corrected chi connectivity index (χ3v) is 5.70. The molecule has 0 heterocycles. The number of amides is 2. The lowest BCUT2D eigenvalue weighted by Crippen LogP contribution is -2.43. The van der Waals surface area contributed by atoms with Crippen LogP contribution in [0, 0.1) is 6.92 Å². The first-order valence-electron chi connectivity index (χ1n) is 8.32. The minimum absolute atomic E-state index is 0.0910. The molecular formula is C20H21BrN2O2. The standard InChI is InChI=1S/C20H21BrN2O2/c1-13-12-15(8-9-16(13)21)20(10-11-20)19(25)23-17(18(24)22-2)14-6-4-3-5-7-14/h3-9,12,17H,10-11H2,1-2H3,(H,22,24)(H,23,25). The number of rotatable bonds is 5. The van der Waals surface area contributed by atoms with Crippen LogP contribution in [0.2, 0.25) is 0 Å². The Hall–Kier alpha value is -2.14. The molecule has 1 fully saturated rings. The molecule has 4 nitrogen and oxygen atoms in total. The summed E-state index contributed by atoms with van der Waals surface area (Å²) in [6.45, 7) is 2.01. The van der Waals surface area contributed by atoms with Gasteiger partial charge < -0.3 is 10.6 Å². The minimum atomic E-state index is -0.687. The lowest BCUT2D eigenvalue weighted by atomic mass is 9.92. The first-order chi connectivity index (χ1) is 12.0. The molecular weight excluding hydrogens is 380 g/mol. The second kappa shape index (κ2) is 7.00. The molecule has 5 heteroatoms. The Morgan fingerprint density at radius 3 is 2.36 bits per heavy atom. The molecule has 1 unspecified atom stereocenters. The van der Waals surface area contributed by atoms with Gasteiger partial charge in [0.15, 0.2) is 0 Å². The van der Waals surface area contributed by atoms with E-state index in [1.165, 1.54) is 0 Å². The van der Waals surface area contributed by atoms with Gasteiger partial charge in [0.2, 0.25) is 11.8 Å². The molecule has 1 saturated carbocycles. The topological polar surface area (TPSA) is 58.2 Å². The molecule has 0 spiro atoms. The van der Waals surface area contributed by atoms with Gasteiger partial charge in [0.25, 0.3) is 0 Å². The number of carbonyl (C=O) groups excluding carboxylic acids is 2. The van der Waals surface area contributed by atoms with Gasteiger partial charge in [0, 0.05) is 11.5 Å². The Balaban J connectivity index is 1.86. The van der Waals surface area contributed by atoms with Crippen molar-refractivity contribution in [1.82, 2.24) is 10.6 Å². The van der Waals surface area contributed by atoms with Crippen LogP contribution in [0.25, 0.3) is 0 Å². The van der Waals surface area contributed by atoms with Gasteiger partial charge in [-0.25, -0.2) is 0 Å². The van der Waals surface area contributed by atoms with Crippen molar-refractivity contribution in [3.63, 3.8) is 0 Å². The fraction of sp³-hybridized carbons (Fsp3) is 0.300. The average molecular weight is 401 g/mol. The molecule has 2 amide bonds. The van der Waals surface area contributed by atoms with Crippen LogP contribution in [0.3, 0.4) is 0 Å². The third kappa shape index (κ3) is 3.47. The number of benzene rings is 2. The van der Waals surface area contributed by atoms with E-state index in [1.807, 2.05) is 55.5 Å². The summed E-state index contributed by atoms with van der Waals surface area (Å²) in [5.41, 5.74) is 2.36. The molecule has 1 atom stereocenters. The Labute approximate surface area is 156 Å². The number of halogens is 1. The van der Waals surface area contributed by atoms with Gasteiger partial charge in [-0.15, -0.1) is 0 Å². The summed E-state index contributed by atoms with van der Waals surface area (Å²) in [7, 11) is 1.58.